The maximum atomic E-state index is 12.5. The average Bonchev–Trinajstić information content (AvgIpc) is 2.38. The predicted octanol–water partition coefficient (Wildman–Crippen LogP) is 3.37. The van der Waals surface area contributed by atoms with Gasteiger partial charge in [0.25, 0.3) is 10.0 Å². The van der Waals surface area contributed by atoms with Gasteiger partial charge in [-0.05, 0) is 42.0 Å². The Kier molecular flexibility index (Phi) is 3.47. The van der Waals surface area contributed by atoms with E-state index >= 15 is 0 Å². The monoisotopic (exact) mass is 279 g/mol. The molecule has 0 bridgehead atoms. The van der Waals surface area contributed by atoms with Gasteiger partial charge in [0.2, 0.25) is 0 Å². The Morgan fingerprint density at radius 1 is 1.21 bits per heavy atom. The van der Waals surface area contributed by atoms with Crippen LogP contribution in [0.15, 0.2) is 29.3 Å². The molecule has 1 aromatic rings. The maximum Gasteiger partial charge on any atom is 0.264 e. The molecule has 19 heavy (non-hydrogen) atoms. The lowest BCUT2D eigenvalue weighted by molar-refractivity contribution is 0.499. The largest absolute Gasteiger partial charge is 0.274 e. The Bertz CT molecular complexity index is 615. The zero-order valence-electron chi connectivity index (χ0n) is 12.0. The molecule has 0 saturated heterocycles. The lowest BCUT2D eigenvalue weighted by atomic mass is 9.82. The second-order valence-corrected chi connectivity index (χ2v) is 7.37. The number of sulfonamides is 1. The highest BCUT2D eigenvalue weighted by Crippen LogP contribution is 2.33. The van der Waals surface area contributed by atoms with E-state index in [4.69, 9.17) is 0 Å². The van der Waals surface area contributed by atoms with Crippen LogP contribution in [0, 0.1) is 0 Å². The average molecular weight is 279 g/mol. The van der Waals surface area contributed by atoms with Crippen LogP contribution in [-0.2, 0) is 15.4 Å². The molecule has 4 heteroatoms. The number of rotatable bonds is 3. The van der Waals surface area contributed by atoms with Gasteiger partial charge in [-0.2, -0.15) is 0 Å². The molecule has 1 aliphatic heterocycles. The predicted molar refractivity (Wildman–Crippen MR) is 78.4 cm³/mol. The fourth-order valence-corrected chi connectivity index (χ4v) is 3.69. The van der Waals surface area contributed by atoms with E-state index in [0.29, 0.717) is 11.4 Å². The minimum absolute atomic E-state index is 0.0112. The van der Waals surface area contributed by atoms with Crippen molar-refractivity contribution in [3.63, 3.8) is 0 Å². The Balaban J connectivity index is 2.61. The van der Waals surface area contributed by atoms with Crippen molar-refractivity contribution in [1.29, 1.82) is 0 Å². The Labute approximate surface area is 116 Å². The fourth-order valence-electron chi connectivity index (χ4n) is 2.17. The molecule has 1 aliphatic rings. The van der Waals surface area contributed by atoms with Gasteiger partial charge in [-0.15, -0.1) is 0 Å². The molecule has 0 fully saturated rings. The second kappa shape index (κ2) is 4.67. The molecule has 0 aromatic heterocycles. The summed E-state index contributed by atoms with van der Waals surface area (Å²) in [6.45, 7) is 8.69. The van der Waals surface area contributed by atoms with Crippen LogP contribution in [0.1, 0.15) is 45.2 Å². The summed E-state index contributed by atoms with van der Waals surface area (Å²) in [6, 6.07) is 5.77. The number of fused-ring (bicyclic) bond motifs is 1. The Morgan fingerprint density at radius 2 is 1.89 bits per heavy atom. The summed E-state index contributed by atoms with van der Waals surface area (Å²) >= 11 is 0. The summed E-state index contributed by atoms with van der Waals surface area (Å²) in [5, 5.41) is 0. The SMILES string of the molecule is CCN1C=Cc2ccc(C(C)(C)CC)cc2S1(=O)=O. The molecule has 0 saturated carbocycles. The van der Waals surface area contributed by atoms with E-state index in [0.717, 1.165) is 17.5 Å². The Morgan fingerprint density at radius 3 is 2.47 bits per heavy atom. The van der Waals surface area contributed by atoms with E-state index in [2.05, 4.69) is 20.8 Å². The van der Waals surface area contributed by atoms with Crippen LogP contribution < -0.4 is 0 Å². The van der Waals surface area contributed by atoms with Crippen molar-refractivity contribution < 1.29 is 8.42 Å². The van der Waals surface area contributed by atoms with Crippen LogP contribution in [0.5, 0.6) is 0 Å². The Hall–Kier alpha value is -1.29. The van der Waals surface area contributed by atoms with E-state index in [9.17, 15) is 8.42 Å². The molecule has 0 atom stereocenters. The second-order valence-electron chi connectivity index (χ2n) is 5.51. The quantitative estimate of drug-likeness (QED) is 0.850. The first-order valence-corrected chi connectivity index (χ1v) is 8.11. The molecule has 0 spiro atoms. The molecule has 0 N–H and O–H groups in total. The lowest BCUT2D eigenvalue weighted by Crippen LogP contribution is -2.29. The molecular weight excluding hydrogens is 258 g/mol. The summed E-state index contributed by atoms with van der Waals surface area (Å²) in [5.74, 6) is 0. The molecule has 0 aliphatic carbocycles. The molecule has 3 nitrogen and oxygen atoms in total. The third-order valence-corrected chi connectivity index (χ3v) is 5.90. The fraction of sp³-hybridized carbons (Fsp3) is 0.467. The topological polar surface area (TPSA) is 37.4 Å². The van der Waals surface area contributed by atoms with Crippen LogP contribution in [0.2, 0.25) is 0 Å². The molecule has 0 amide bonds. The highest BCUT2D eigenvalue weighted by molar-refractivity contribution is 7.89. The minimum atomic E-state index is -3.38. The molecule has 0 unspecified atom stereocenters. The number of hydrogen-bond acceptors (Lipinski definition) is 2. The summed E-state index contributed by atoms with van der Waals surface area (Å²) in [5.41, 5.74) is 1.84. The summed E-state index contributed by atoms with van der Waals surface area (Å²) in [6.07, 6.45) is 4.48. The molecule has 104 valence electrons. The third kappa shape index (κ3) is 2.29. The van der Waals surface area contributed by atoms with Gasteiger partial charge in [-0.3, -0.25) is 4.31 Å². The summed E-state index contributed by atoms with van der Waals surface area (Å²) in [4.78, 5) is 0.427. The standard InChI is InChI=1S/C15H21NO2S/c1-5-15(3,4)13-8-7-12-9-10-16(6-2)19(17,18)14(12)11-13/h7-11H,5-6H2,1-4H3. The van der Waals surface area contributed by atoms with Crippen molar-refractivity contribution in [1.82, 2.24) is 4.31 Å². The number of hydrogen-bond donors (Lipinski definition) is 0. The van der Waals surface area contributed by atoms with Crippen molar-refractivity contribution in [2.75, 3.05) is 6.54 Å². The van der Waals surface area contributed by atoms with Gasteiger partial charge in [0.1, 0.15) is 0 Å². The van der Waals surface area contributed by atoms with Crippen molar-refractivity contribution in [2.24, 2.45) is 0 Å². The van der Waals surface area contributed by atoms with Crippen LogP contribution in [-0.4, -0.2) is 19.3 Å². The van der Waals surface area contributed by atoms with Gasteiger partial charge in [0, 0.05) is 12.7 Å². The zero-order valence-corrected chi connectivity index (χ0v) is 12.8. The summed E-state index contributed by atoms with van der Waals surface area (Å²) < 4.78 is 26.3. The van der Waals surface area contributed by atoms with Crippen molar-refractivity contribution in [3.05, 3.63) is 35.5 Å². The lowest BCUT2D eigenvalue weighted by Gasteiger charge is -2.28. The molecule has 1 heterocycles. The van der Waals surface area contributed by atoms with Gasteiger partial charge in [0.15, 0.2) is 0 Å². The highest BCUT2D eigenvalue weighted by atomic mass is 32.2. The first-order chi connectivity index (χ1) is 8.82. The van der Waals surface area contributed by atoms with Crippen LogP contribution in [0.4, 0.5) is 0 Å². The highest BCUT2D eigenvalue weighted by Gasteiger charge is 2.28. The number of benzene rings is 1. The van der Waals surface area contributed by atoms with Crippen LogP contribution >= 0.6 is 0 Å². The van der Waals surface area contributed by atoms with Crippen LogP contribution in [0.25, 0.3) is 6.08 Å². The smallest absolute Gasteiger partial charge is 0.264 e. The van der Waals surface area contributed by atoms with Gasteiger partial charge in [-0.1, -0.05) is 32.9 Å². The van der Waals surface area contributed by atoms with E-state index in [1.165, 1.54) is 4.31 Å². The maximum absolute atomic E-state index is 12.5. The normalized spacial score (nSPS) is 17.4. The number of nitrogens with zero attached hydrogens (tertiary/aromatic N) is 1. The molecule has 1 aromatic carbocycles. The zero-order chi connectivity index (χ0) is 14.3. The van der Waals surface area contributed by atoms with Crippen molar-refractivity contribution in [2.45, 2.75) is 44.4 Å². The van der Waals surface area contributed by atoms with Gasteiger partial charge in [0.05, 0.1) is 4.90 Å². The van der Waals surface area contributed by atoms with E-state index in [1.807, 2.05) is 31.2 Å². The van der Waals surface area contributed by atoms with E-state index in [1.54, 1.807) is 6.20 Å². The van der Waals surface area contributed by atoms with Gasteiger partial charge in [-0.25, -0.2) is 8.42 Å². The summed E-state index contributed by atoms with van der Waals surface area (Å²) in [7, 11) is -3.38. The first kappa shape index (κ1) is 14.1. The van der Waals surface area contributed by atoms with E-state index in [-0.39, 0.29) is 5.41 Å². The molecular formula is C15H21NO2S. The van der Waals surface area contributed by atoms with Crippen LogP contribution in [0.3, 0.4) is 0 Å². The van der Waals surface area contributed by atoms with Gasteiger partial charge >= 0.3 is 0 Å². The van der Waals surface area contributed by atoms with Gasteiger partial charge < -0.3 is 0 Å². The van der Waals surface area contributed by atoms with E-state index < -0.39 is 10.0 Å². The first-order valence-electron chi connectivity index (χ1n) is 6.67. The third-order valence-electron chi connectivity index (χ3n) is 4.00. The van der Waals surface area contributed by atoms with Crippen molar-refractivity contribution in [3.8, 4) is 0 Å². The minimum Gasteiger partial charge on any atom is -0.274 e. The molecule has 2 rings (SSSR count). The molecule has 0 radical (unpaired) electrons. The van der Waals surface area contributed by atoms with Crippen molar-refractivity contribution >= 4 is 16.1 Å².